The SMILES string of the molecule is O=C1CSc2ccc(C(=O)OCc3coc(-c4cccs4)n3)cc2N1. The lowest BCUT2D eigenvalue weighted by Gasteiger charge is -2.16. The molecule has 25 heavy (non-hydrogen) atoms. The number of nitrogens with zero attached hydrogens (tertiary/aromatic N) is 1. The van der Waals surface area contributed by atoms with E-state index in [9.17, 15) is 9.59 Å². The number of esters is 1. The van der Waals surface area contributed by atoms with Crippen LogP contribution in [0.4, 0.5) is 5.69 Å². The number of hydrogen-bond donors (Lipinski definition) is 1. The summed E-state index contributed by atoms with van der Waals surface area (Å²) < 4.78 is 10.7. The second-order valence-electron chi connectivity index (χ2n) is 5.25. The van der Waals surface area contributed by atoms with Crippen molar-refractivity contribution in [3.05, 3.63) is 53.2 Å². The summed E-state index contributed by atoms with van der Waals surface area (Å²) in [6.45, 7) is 0.0197. The molecule has 0 unspecified atom stereocenters. The number of carbonyl (C=O) groups is 2. The van der Waals surface area contributed by atoms with Crippen molar-refractivity contribution in [1.29, 1.82) is 0 Å². The number of nitrogens with one attached hydrogen (secondary N) is 1. The Labute approximate surface area is 151 Å². The van der Waals surface area contributed by atoms with Crippen molar-refractivity contribution in [3.8, 4) is 10.8 Å². The summed E-state index contributed by atoms with van der Waals surface area (Å²) in [4.78, 5) is 29.8. The molecule has 3 heterocycles. The number of thioether (sulfide) groups is 1. The molecule has 1 aliphatic rings. The van der Waals surface area contributed by atoms with Gasteiger partial charge in [0.25, 0.3) is 0 Å². The van der Waals surface area contributed by atoms with Gasteiger partial charge in [0.1, 0.15) is 18.6 Å². The van der Waals surface area contributed by atoms with E-state index in [0.717, 1.165) is 9.77 Å². The van der Waals surface area contributed by atoms with Crippen LogP contribution in [0.15, 0.2) is 51.3 Å². The maximum Gasteiger partial charge on any atom is 0.338 e. The van der Waals surface area contributed by atoms with E-state index < -0.39 is 5.97 Å². The van der Waals surface area contributed by atoms with Crippen LogP contribution in [0, 0.1) is 0 Å². The van der Waals surface area contributed by atoms with Gasteiger partial charge in [-0.2, -0.15) is 0 Å². The first kappa shape index (κ1) is 15.9. The maximum absolute atomic E-state index is 12.2. The topological polar surface area (TPSA) is 81.4 Å². The zero-order chi connectivity index (χ0) is 17.2. The van der Waals surface area contributed by atoms with Crippen LogP contribution in [0.1, 0.15) is 16.1 Å². The monoisotopic (exact) mass is 372 g/mol. The Morgan fingerprint density at radius 3 is 3.12 bits per heavy atom. The third-order valence-electron chi connectivity index (χ3n) is 3.48. The third-order valence-corrected chi connectivity index (χ3v) is 5.41. The van der Waals surface area contributed by atoms with E-state index in [1.807, 2.05) is 17.5 Å². The molecule has 0 atom stereocenters. The lowest BCUT2D eigenvalue weighted by Crippen LogP contribution is -2.19. The molecule has 8 heteroatoms. The molecule has 1 aromatic carbocycles. The van der Waals surface area contributed by atoms with Crippen LogP contribution in [0.25, 0.3) is 10.8 Å². The van der Waals surface area contributed by atoms with Crippen LogP contribution < -0.4 is 5.32 Å². The quantitative estimate of drug-likeness (QED) is 0.702. The summed E-state index contributed by atoms with van der Waals surface area (Å²) in [6, 6.07) is 8.94. The van der Waals surface area contributed by atoms with Crippen molar-refractivity contribution in [2.24, 2.45) is 0 Å². The summed E-state index contributed by atoms with van der Waals surface area (Å²) >= 11 is 2.97. The fraction of sp³-hybridized carbons (Fsp3) is 0.118. The minimum Gasteiger partial charge on any atom is -0.455 e. The van der Waals surface area contributed by atoms with Crippen LogP contribution in [0.3, 0.4) is 0 Å². The van der Waals surface area contributed by atoms with Crippen LogP contribution in [-0.4, -0.2) is 22.6 Å². The Morgan fingerprint density at radius 2 is 2.28 bits per heavy atom. The van der Waals surface area contributed by atoms with Gasteiger partial charge in [0.05, 0.1) is 21.9 Å². The highest BCUT2D eigenvalue weighted by Crippen LogP contribution is 2.32. The summed E-state index contributed by atoms with van der Waals surface area (Å²) in [5.41, 5.74) is 1.55. The molecular weight excluding hydrogens is 360 g/mol. The molecule has 0 aliphatic carbocycles. The molecule has 0 saturated carbocycles. The predicted octanol–water partition coefficient (Wildman–Crippen LogP) is 3.80. The largest absolute Gasteiger partial charge is 0.455 e. The number of aromatic nitrogens is 1. The molecule has 0 spiro atoms. The zero-order valence-corrected chi connectivity index (χ0v) is 14.5. The van der Waals surface area contributed by atoms with Gasteiger partial charge in [-0.3, -0.25) is 4.79 Å². The molecule has 2 aromatic heterocycles. The van der Waals surface area contributed by atoms with Gasteiger partial charge >= 0.3 is 5.97 Å². The number of benzene rings is 1. The number of anilines is 1. The Kier molecular flexibility index (Phi) is 4.29. The van der Waals surface area contributed by atoms with E-state index in [0.29, 0.717) is 28.6 Å². The summed E-state index contributed by atoms with van der Waals surface area (Å²) in [5, 5.41) is 4.69. The van der Waals surface area contributed by atoms with Crippen molar-refractivity contribution >= 4 is 40.7 Å². The molecule has 0 saturated heterocycles. The minimum absolute atomic E-state index is 0.0197. The molecule has 4 rings (SSSR count). The highest BCUT2D eigenvalue weighted by atomic mass is 32.2. The second-order valence-corrected chi connectivity index (χ2v) is 7.21. The van der Waals surface area contributed by atoms with Gasteiger partial charge in [0.2, 0.25) is 11.8 Å². The lowest BCUT2D eigenvalue weighted by molar-refractivity contribution is -0.113. The smallest absolute Gasteiger partial charge is 0.338 e. The van der Waals surface area contributed by atoms with Crippen LogP contribution in [0.2, 0.25) is 0 Å². The molecule has 0 bridgehead atoms. The van der Waals surface area contributed by atoms with Gasteiger partial charge in [0, 0.05) is 4.90 Å². The molecular formula is C17H12N2O4S2. The normalized spacial score (nSPS) is 13.2. The number of hydrogen-bond acceptors (Lipinski definition) is 7. The Balaban J connectivity index is 1.42. The molecule has 1 aliphatic heterocycles. The standard InChI is InChI=1S/C17H12N2O4S2/c20-15-9-25-13-4-3-10(6-12(13)19-15)17(21)23-8-11-7-22-16(18-11)14-2-1-5-24-14/h1-7H,8-9H2,(H,19,20). The van der Waals surface area contributed by atoms with Crippen LogP contribution in [0.5, 0.6) is 0 Å². The average molecular weight is 372 g/mol. The van der Waals surface area contributed by atoms with E-state index in [-0.39, 0.29) is 12.5 Å². The van der Waals surface area contributed by atoms with E-state index in [1.165, 1.54) is 29.4 Å². The molecule has 126 valence electrons. The molecule has 0 radical (unpaired) electrons. The van der Waals surface area contributed by atoms with Gasteiger partial charge < -0.3 is 14.5 Å². The number of thiophene rings is 1. The number of carbonyl (C=O) groups excluding carboxylic acids is 2. The first-order valence-corrected chi connectivity index (χ1v) is 9.28. The number of fused-ring (bicyclic) bond motifs is 1. The molecule has 1 amide bonds. The number of amides is 1. The van der Waals surface area contributed by atoms with Crippen molar-refractivity contribution in [2.45, 2.75) is 11.5 Å². The number of oxazole rings is 1. The molecule has 1 N–H and O–H groups in total. The van der Waals surface area contributed by atoms with Gasteiger partial charge in [-0.05, 0) is 29.6 Å². The van der Waals surface area contributed by atoms with Gasteiger partial charge in [-0.15, -0.1) is 23.1 Å². The van der Waals surface area contributed by atoms with Crippen molar-refractivity contribution in [2.75, 3.05) is 11.1 Å². The molecule has 0 fully saturated rings. The minimum atomic E-state index is -0.478. The average Bonchev–Trinajstić information content (AvgIpc) is 3.30. The van der Waals surface area contributed by atoms with Crippen LogP contribution in [-0.2, 0) is 16.1 Å². The second kappa shape index (κ2) is 6.73. The van der Waals surface area contributed by atoms with E-state index in [1.54, 1.807) is 18.2 Å². The highest BCUT2D eigenvalue weighted by molar-refractivity contribution is 8.00. The number of ether oxygens (including phenoxy) is 1. The Hall–Kier alpha value is -2.58. The van der Waals surface area contributed by atoms with E-state index >= 15 is 0 Å². The summed E-state index contributed by atoms with van der Waals surface area (Å²) in [6.07, 6.45) is 1.48. The van der Waals surface area contributed by atoms with Gasteiger partial charge in [-0.25, -0.2) is 9.78 Å². The predicted molar refractivity (Wildman–Crippen MR) is 94.7 cm³/mol. The van der Waals surface area contributed by atoms with Crippen molar-refractivity contribution in [3.63, 3.8) is 0 Å². The first-order chi connectivity index (χ1) is 12.2. The highest BCUT2D eigenvalue weighted by Gasteiger charge is 2.18. The van der Waals surface area contributed by atoms with Gasteiger partial charge in [-0.1, -0.05) is 6.07 Å². The Morgan fingerprint density at radius 1 is 1.36 bits per heavy atom. The van der Waals surface area contributed by atoms with Crippen molar-refractivity contribution in [1.82, 2.24) is 4.98 Å². The van der Waals surface area contributed by atoms with Crippen LogP contribution >= 0.6 is 23.1 Å². The van der Waals surface area contributed by atoms with Crippen molar-refractivity contribution < 1.29 is 18.7 Å². The molecule has 6 nitrogen and oxygen atoms in total. The summed E-state index contributed by atoms with van der Waals surface area (Å²) in [5.74, 6) is 0.338. The number of rotatable bonds is 4. The zero-order valence-electron chi connectivity index (χ0n) is 12.9. The maximum atomic E-state index is 12.2. The fourth-order valence-corrected chi connectivity index (χ4v) is 3.76. The Bertz CT molecular complexity index is 934. The van der Waals surface area contributed by atoms with E-state index in [4.69, 9.17) is 9.15 Å². The van der Waals surface area contributed by atoms with Gasteiger partial charge in [0.15, 0.2) is 0 Å². The lowest BCUT2D eigenvalue weighted by atomic mass is 10.2. The first-order valence-electron chi connectivity index (χ1n) is 7.41. The van der Waals surface area contributed by atoms with E-state index in [2.05, 4.69) is 10.3 Å². The third kappa shape index (κ3) is 3.45. The summed E-state index contributed by atoms with van der Waals surface area (Å²) in [7, 11) is 0. The fourth-order valence-electron chi connectivity index (χ4n) is 2.32. The molecule has 3 aromatic rings.